The van der Waals surface area contributed by atoms with Crippen molar-refractivity contribution in [3.05, 3.63) is 14.7 Å². The molecule has 1 unspecified atom stereocenters. The third-order valence-corrected chi connectivity index (χ3v) is 6.60. The Morgan fingerprint density at radius 1 is 1.67 bits per heavy atom. The minimum Gasteiger partial charge on any atom is -0.392 e. The van der Waals surface area contributed by atoms with Crippen molar-refractivity contribution < 1.29 is 8.42 Å². The SMILES string of the molecule is CCC(C)(NS(=O)(=O)c1cc(Br)sc1C)C(N)=S. The van der Waals surface area contributed by atoms with Crippen LogP contribution in [0.2, 0.25) is 0 Å². The van der Waals surface area contributed by atoms with Crippen LogP contribution in [-0.2, 0) is 10.0 Å². The summed E-state index contributed by atoms with van der Waals surface area (Å²) in [6, 6.07) is 1.58. The van der Waals surface area contributed by atoms with Gasteiger partial charge in [0.2, 0.25) is 10.0 Å². The fourth-order valence-corrected chi connectivity index (χ4v) is 5.48. The van der Waals surface area contributed by atoms with Gasteiger partial charge in [-0.2, -0.15) is 4.72 Å². The highest BCUT2D eigenvalue weighted by Crippen LogP contribution is 2.30. The Morgan fingerprint density at radius 3 is 2.56 bits per heavy atom. The van der Waals surface area contributed by atoms with E-state index in [9.17, 15) is 8.42 Å². The van der Waals surface area contributed by atoms with Crippen molar-refractivity contribution in [2.45, 2.75) is 37.6 Å². The number of hydrogen-bond acceptors (Lipinski definition) is 4. The number of sulfonamides is 1. The summed E-state index contributed by atoms with van der Waals surface area (Å²) in [5.41, 5.74) is 4.70. The van der Waals surface area contributed by atoms with Crippen LogP contribution in [0.5, 0.6) is 0 Å². The first kappa shape index (κ1) is 16.0. The molecule has 0 aromatic carbocycles. The average Bonchev–Trinajstić information content (AvgIpc) is 2.57. The molecule has 0 spiro atoms. The second-order valence-electron chi connectivity index (χ2n) is 4.13. The van der Waals surface area contributed by atoms with Crippen LogP contribution in [0.3, 0.4) is 0 Å². The highest BCUT2D eigenvalue weighted by atomic mass is 79.9. The molecule has 1 aromatic heterocycles. The predicted octanol–water partition coefficient (Wildman–Crippen LogP) is 2.55. The third-order valence-electron chi connectivity index (χ3n) is 2.74. The van der Waals surface area contributed by atoms with E-state index < -0.39 is 15.6 Å². The molecule has 1 atom stereocenters. The van der Waals surface area contributed by atoms with Crippen molar-refractivity contribution in [3.8, 4) is 0 Å². The standard InChI is InChI=1S/C10H15BrN2O2S3/c1-4-10(3,9(12)16)13-18(14,15)7-5-8(11)17-6(7)2/h5,13H,4H2,1-3H3,(H2,12,16). The quantitative estimate of drug-likeness (QED) is 0.781. The van der Waals surface area contributed by atoms with E-state index in [-0.39, 0.29) is 9.88 Å². The molecular formula is C10H15BrN2O2S3. The summed E-state index contributed by atoms with van der Waals surface area (Å²) < 4.78 is 28.0. The number of thiophene rings is 1. The van der Waals surface area contributed by atoms with E-state index in [1.807, 2.05) is 6.92 Å². The van der Waals surface area contributed by atoms with Crippen LogP contribution in [0.15, 0.2) is 14.7 Å². The van der Waals surface area contributed by atoms with Crippen LogP contribution < -0.4 is 10.5 Å². The molecule has 0 aliphatic heterocycles. The number of rotatable bonds is 5. The Morgan fingerprint density at radius 2 is 2.22 bits per heavy atom. The number of thiocarbonyl (C=S) groups is 1. The van der Waals surface area contributed by atoms with E-state index in [1.54, 1.807) is 19.9 Å². The molecule has 1 rings (SSSR count). The molecule has 102 valence electrons. The van der Waals surface area contributed by atoms with E-state index in [2.05, 4.69) is 20.7 Å². The summed E-state index contributed by atoms with van der Waals surface area (Å²) in [6.45, 7) is 5.27. The molecule has 3 N–H and O–H groups in total. The number of nitrogens with two attached hydrogens (primary N) is 1. The first-order chi connectivity index (χ1) is 8.12. The monoisotopic (exact) mass is 370 g/mol. The van der Waals surface area contributed by atoms with Crippen LogP contribution in [0.25, 0.3) is 0 Å². The van der Waals surface area contributed by atoms with Crippen LogP contribution in [0.1, 0.15) is 25.1 Å². The van der Waals surface area contributed by atoms with Gasteiger partial charge < -0.3 is 5.73 Å². The lowest BCUT2D eigenvalue weighted by atomic mass is 10.0. The molecule has 8 heteroatoms. The fraction of sp³-hybridized carbons (Fsp3) is 0.500. The third kappa shape index (κ3) is 3.30. The van der Waals surface area contributed by atoms with Crippen LogP contribution >= 0.6 is 39.5 Å². The smallest absolute Gasteiger partial charge is 0.242 e. The van der Waals surface area contributed by atoms with E-state index in [4.69, 9.17) is 18.0 Å². The zero-order chi connectivity index (χ0) is 14.1. The first-order valence-electron chi connectivity index (χ1n) is 5.22. The van der Waals surface area contributed by atoms with Gasteiger partial charge >= 0.3 is 0 Å². The number of aryl methyl sites for hydroxylation is 1. The van der Waals surface area contributed by atoms with Crippen molar-refractivity contribution in [1.29, 1.82) is 0 Å². The zero-order valence-electron chi connectivity index (χ0n) is 10.3. The van der Waals surface area contributed by atoms with Crippen molar-refractivity contribution in [3.63, 3.8) is 0 Å². The number of hydrogen-bond donors (Lipinski definition) is 2. The van der Waals surface area contributed by atoms with Gasteiger partial charge in [0, 0.05) is 4.88 Å². The molecule has 0 bridgehead atoms. The minimum atomic E-state index is -3.62. The number of nitrogens with one attached hydrogen (secondary N) is 1. The van der Waals surface area contributed by atoms with Gasteiger partial charge in [-0.25, -0.2) is 8.42 Å². The van der Waals surface area contributed by atoms with Gasteiger partial charge in [0.15, 0.2) is 0 Å². The summed E-state index contributed by atoms with van der Waals surface area (Å²) >= 11 is 9.58. The lowest BCUT2D eigenvalue weighted by Gasteiger charge is -2.27. The van der Waals surface area contributed by atoms with Crippen LogP contribution in [0, 0.1) is 6.92 Å². The molecule has 0 aliphatic rings. The molecule has 0 aliphatic carbocycles. The minimum absolute atomic E-state index is 0.139. The molecule has 1 heterocycles. The molecule has 1 aromatic rings. The van der Waals surface area contributed by atoms with E-state index >= 15 is 0 Å². The maximum absolute atomic E-state index is 12.3. The second-order valence-corrected chi connectivity index (χ2v) is 8.85. The van der Waals surface area contributed by atoms with E-state index in [0.717, 1.165) is 8.66 Å². The predicted molar refractivity (Wildman–Crippen MR) is 82.6 cm³/mol. The molecule has 0 fully saturated rings. The Labute approximate surface area is 125 Å². The van der Waals surface area contributed by atoms with E-state index in [1.165, 1.54) is 11.3 Å². The summed E-state index contributed by atoms with van der Waals surface area (Å²) in [6.07, 6.45) is 0.492. The molecule has 0 saturated carbocycles. The molecule has 0 saturated heterocycles. The summed E-state index contributed by atoms with van der Waals surface area (Å²) in [5, 5.41) is 0. The fourth-order valence-electron chi connectivity index (χ4n) is 1.35. The highest BCUT2D eigenvalue weighted by molar-refractivity contribution is 9.11. The number of halogens is 1. The zero-order valence-corrected chi connectivity index (χ0v) is 14.3. The maximum Gasteiger partial charge on any atom is 0.242 e. The molecule has 4 nitrogen and oxygen atoms in total. The first-order valence-corrected chi connectivity index (χ1v) is 8.72. The van der Waals surface area contributed by atoms with Crippen molar-refractivity contribution >= 4 is 54.5 Å². The largest absolute Gasteiger partial charge is 0.392 e. The van der Waals surface area contributed by atoms with Gasteiger partial charge in [-0.3, -0.25) is 0 Å². The summed E-state index contributed by atoms with van der Waals surface area (Å²) in [4.78, 5) is 1.12. The lowest BCUT2D eigenvalue weighted by molar-refractivity contribution is 0.511. The van der Waals surface area contributed by atoms with Crippen molar-refractivity contribution in [2.24, 2.45) is 5.73 Å². The van der Waals surface area contributed by atoms with Gasteiger partial charge in [-0.1, -0.05) is 19.1 Å². The Balaban J connectivity index is 3.17. The van der Waals surface area contributed by atoms with Crippen LogP contribution in [-0.4, -0.2) is 18.9 Å². The molecular weight excluding hydrogens is 356 g/mol. The molecule has 0 radical (unpaired) electrons. The highest BCUT2D eigenvalue weighted by Gasteiger charge is 2.33. The van der Waals surface area contributed by atoms with Gasteiger partial charge in [0.1, 0.15) is 0 Å². The van der Waals surface area contributed by atoms with Gasteiger partial charge in [0.25, 0.3) is 0 Å². The lowest BCUT2D eigenvalue weighted by Crippen LogP contribution is -2.53. The van der Waals surface area contributed by atoms with Gasteiger partial charge in [-0.15, -0.1) is 11.3 Å². The Hall–Kier alpha value is -0.0200. The Bertz CT molecular complexity index is 568. The topological polar surface area (TPSA) is 72.2 Å². The van der Waals surface area contributed by atoms with E-state index in [0.29, 0.717) is 6.42 Å². The maximum atomic E-state index is 12.3. The van der Waals surface area contributed by atoms with Crippen molar-refractivity contribution in [1.82, 2.24) is 4.72 Å². The van der Waals surface area contributed by atoms with Crippen LogP contribution in [0.4, 0.5) is 0 Å². The Kier molecular flexibility index (Phi) is 4.93. The van der Waals surface area contributed by atoms with Gasteiger partial charge in [0.05, 0.1) is 19.2 Å². The average molecular weight is 371 g/mol. The van der Waals surface area contributed by atoms with Gasteiger partial charge in [-0.05, 0) is 42.3 Å². The molecule has 18 heavy (non-hydrogen) atoms. The summed E-state index contributed by atoms with van der Waals surface area (Å²) in [5.74, 6) is 0. The summed E-state index contributed by atoms with van der Waals surface area (Å²) in [7, 11) is -3.62. The second kappa shape index (κ2) is 5.54. The normalized spacial score (nSPS) is 15.3. The van der Waals surface area contributed by atoms with Crippen molar-refractivity contribution in [2.75, 3.05) is 0 Å². The molecule has 0 amide bonds.